The molecule has 2 N–H and O–H groups in total. The molecule has 1 fully saturated rings. The highest BCUT2D eigenvalue weighted by atomic mass is 32.1. The molecule has 0 radical (unpaired) electrons. The van der Waals surface area contributed by atoms with E-state index in [1.54, 1.807) is 11.3 Å². The first-order valence-corrected chi connectivity index (χ1v) is 8.37. The van der Waals surface area contributed by atoms with Crippen LogP contribution in [0.15, 0.2) is 17.5 Å². The highest BCUT2D eigenvalue weighted by Crippen LogP contribution is 2.14. The smallest absolute Gasteiger partial charge is 0.239 e. The third-order valence-corrected chi connectivity index (χ3v) is 4.64. The monoisotopic (exact) mass is 295 g/mol. The van der Waals surface area contributed by atoms with Gasteiger partial charge in [0, 0.05) is 37.6 Å². The van der Waals surface area contributed by atoms with E-state index < -0.39 is 0 Å². The average Bonchev–Trinajstić information content (AvgIpc) is 2.83. The summed E-state index contributed by atoms with van der Waals surface area (Å²) in [6.07, 6.45) is 2.79. The molecule has 2 heterocycles. The lowest BCUT2D eigenvalue weighted by molar-refractivity contribution is -0.132. The van der Waals surface area contributed by atoms with E-state index in [4.69, 9.17) is 5.73 Å². The number of hydrogen-bond donors (Lipinski definition) is 1. The van der Waals surface area contributed by atoms with Gasteiger partial charge in [-0.05, 0) is 24.3 Å². The summed E-state index contributed by atoms with van der Waals surface area (Å²) < 4.78 is 0. The van der Waals surface area contributed by atoms with E-state index in [0.29, 0.717) is 0 Å². The fraction of sp³-hybridized carbons (Fsp3) is 0.667. The highest BCUT2D eigenvalue weighted by Gasteiger charge is 2.23. The second-order valence-corrected chi connectivity index (χ2v) is 6.46. The first-order chi connectivity index (χ1) is 9.70. The van der Waals surface area contributed by atoms with Gasteiger partial charge in [-0.2, -0.15) is 0 Å². The SMILES string of the molecule is CCC[C@H](N)C(=O)N1CCCN(Cc2cccs2)CC1. The lowest BCUT2D eigenvalue weighted by Crippen LogP contribution is -2.45. The number of carbonyl (C=O) groups excluding carboxylic acids is 1. The van der Waals surface area contributed by atoms with Crippen LogP contribution in [-0.4, -0.2) is 47.9 Å². The van der Waals surface area contributed by atoms with Crippen molar-refractivity contribution in [2.75, 3.05) is 26.2 Å². The van der Waals surface area contributed by atoms with E-state index in [1.807, 2.05) is 4.90 Å². The summed E-state index contributed by atoms with van der Waals surface area (Å²) in [6.45, 7) is 6.73. The molecule has 20 heavy (non-hydrogen) atoms. The van der Waals surface area contributed by atoms with Gasteiger partial charge in [0.25, 0.3) is 0 Å². The number of nitrogens with two attached hydrogens (primary N) is 1. The Kier molecular flexibility index (Phi) is 6.01. The Bertz CT molecular complexity index is 407. The van der Waals surface area contributed by atoms with E-state index in [9.17, 15) is 4.79 Å². The Hall–Kier alpha value is -0.910. The molecule has 4 nitrogen and oxygen atoms in total. The Morgan fingerprint density at radius 3 is 2.95 bits per heavy atom. The van der Waals surface area contributed by atoms with Crippen molar-refractivity contribution in [3.05, 3.63) is 22.4 Å². The molecule has 0 saturated carbocycles. The molecule has 112 valence electrons. The average molecular weight is 295 g/mol. The van der Waals surface area contributed by atoms with Crippen molar-refractivity contribution in [2.24, 2.45) is 5.73 Å². The summed E-state index contributed by atoms with van der Waals surface area (Å²) in [7, 11) is 0. The van der Waals surface area contributed by atoms with E-state index in [1.165, 1.54) is 4.88 Å². The maximum atomic E-state index is 12.2. The highest BCUT2D eigenvalue weighted by molar-refractivity contribution is 7.09. The van der Waals surface area contributed by atoms with Crippen molar-refractivity contribution in [1.82, 2.24) is 9.80 Å². The summed E-state index contributed by atoms with van der Waals surface area (Å²) in [6, 6.07) is 3.96. The van der Waals surface area contributed by atoms with Gasteiger partial charge in [0.05, 0.1) is 6.04 Å². The van der Waals surface area contributed by atoms with Gasteiger partial charge in [0.1, 0.15) is 0 Å². The summed E-state index contributed by atoms with van der Waals surface area (Å²) in [4.78, 5) is 18.0. The minimum atomic E-state index is -0.316. The number of amides is 1. The van der Waals surface area contributed by atoms with Crippen LogP contribution in [0.1, 0.15) is 31.1 Å². The number of nitrogens with zero attached hydrogens (tertiary/aromatic N) is 2. The molecule has 5 heteroatoms. The Morgan fingerprint density at radius 1 is 1.40 bits per heavy atom. The van der Waals surface area contributed by atoms with Gasteiger partial charge >= 0.3 is 0 Å². The molecule has 0 aromatic carbocycles. The van der Waals surface area contributed by atoms with Gasteiger partial charge in [-0.3, -0.25) is 9.69 Å². The van der Waals surface area contributed by atoms with Crippen LogP contribution in [0.2, 0.25) is 0 Å². The molecule has 1 aromatic rings. The predicted octanol–water partition coefficient (Wildman–Crippen LogP) is 1.91. The molecule has 1 atom stereocenters. The second-order valence-electron chi connectivity index (χ2n) is 5.43. The quantitative estimate of drug-likeness (QED) is 0.903. The van der Waals surface area contributed by atoms with Crippen molar-refractivity contribution < 1.29 is 4.79 Å². The van der Waals surface area contributed by atoms with Gasteiger partial charge in [-0.1, -0.05) is 19.4 Å². The van der Waals surface area contributed by atoms with Crippen molar-refractivity contribution in [3.63, 3.8) is 0 Å². The molecular formula is C15H25N3OS. The van der Waals surface area contributed by atoms with Gasteiger partial charge in [0.15, 0.2) is 0 Å². The van der Waals surface area contributed by atoms with Crippen LogP contribution in [-0.2, 0) is 11.3 Å². The van der Waals surface area contributed by atoms with E-state index >= 15 is 0 Å². The summed E-state index contributed by atoms with van der Waals surface area (Å²) in [5.74, 6) is 0.129. The molecule has 2 rings (SSSR count). The molecular weight excluding hydrogens is 270 g/mol. The van der Waals surface area contributed by atoms with E-state index in [0.717, 1.165) is 52.0 Å². The predicted molar refractivity (Wildman–Crippen MR) is 83.7 cm³/mol. The molecule has 1 amide bonds. The minimum Gasteiger partial charge on any atom is -0.340 e. The Labute approximate surface area is 125 Å². The van der Waals surface area contributed by atoms with Gasteiger partial charge in [-0.25, -0.2) is 0 Å². The molecule has 1 saturated heterocycles. The first kappa shape index (κ1) is 15.5. The number of carbonyl (C=O) groups is 1. The van der Waals surface area contributed by atoms with Crippen molar-refractivity contribution in [1.29, 1.82) is 0 Å². The van der Waals surface area contributed by atoms with Crippen molar-refractivity contribution >= 4 is 17.2 Å². The Morgan fingerprint density at radius 2 is 2.25 bits per heavy atom. The molecule has 1 aliphatic rings. The van der Waals surface area contributed by atoms with Crippen molar-refractivity contribution in [3.8, 4) is 0 Å². The molecule has 0 spiro atoms. The third-order valence-electron chi connectivity index (χ3n) is 3.78. The largest absolute Gasteiger partial charge is 0.340 e. The van der Waals surface area contributed by atoms with E-state index in [2.05, 4.69) is 29.3 Å². The molecule has 0 unspecified atom stereocenters. The van der Waals surface area contributed by atoms with Crippen LogP contribution in [0.25, 0.3) is 0 Å². The topological polar surface area (TPSA) is 49.6 Å². The maximum Gasteiger partial charge on any atom is 0.239 e. The minimum absolute atomic E-state index is 0.129. The van der Waals surface area contributed by atoms with Crippen LogP contribution >= 0.6 is 11.3 Å². The zero-order valence-electron chi connectivity index (χ0n) is 12.3. The fourth-order valence-corrected chi connectivity index (χ4v) is 3.39. The normalized spacial score (nSPS) is 18.8. The fourth-order valence-electron chi connectivity index (χ4n) is 2.64. The van der Waals surface area contributed by atoms with Crippen LogP contribution in [0.3, 0.4) is 0 Å². The van der Waals surface area contributed by atoms with Crippen LogP contribution in [0, 0.1) is 0 Å². The van der Waals surface area contributed by atoms with Gasteiger partial charge in [0.2, 0.25) is 5.91 Å². The van der Waals surface area contributed by atoms with Crippen LogP contribution in [0.4, 0.5) is 0 Å². The van der Waals surface area contributed by atoms with Crippen LogP contribution < -0.4 is 5.73 Å². The summed E-state index contributed by atoms with van der Waals surface area (Å²) >= 11 is 1.80. The Balaban J connectivity index is 1.84. The molecule has 0 bridgehead atoms. The lowest BCUT2D eigenvalue weighted by Gasteiger charge is -2.24. The van der Waals surface area contributed by atoms with E-state index in [-0.39, 0.29) is 11.9 Å². The molecule has 1 aliphatic heterocycles. The maximum absolute atomic E-state index is 12.2. The van der Waals surface area contributed by atoms with Gasteiger partial charge < -0.3 is 10.6 Å². The van der Waals surface area contributed by atoms with Crippen LogP contribution in [0.5, 0.6) is 0 Å². The third kappa shape index (κ3) is 4.30. The first-order valence-electron chi connectivity index (χ1n) is 7.49. The number of hydrogen-bond acceptors (Lipinski definition) is 4. The summed E-state index contributed by atoms with van der Waals surface area (Å²) in [5.41, 5.74) is 5.95. The number of rotatable bonds is 5. The van der Waals surface area contributed by atoms with Crippen molar-refractivity contribution in [2.45, 2.75) is 38.8 Å². The molecule has 1 aromatic heterocycles. The zero-order valence-corrected chi connectivity index (χ0v) is 13.1. The standard InChI is InChI=1S/C15H25N3OS/c1-2-5-14(16)15(19)18-8-4-7-17(9-10-18)12-13-6-3-11-20-13/h3,6,11,14H,2,4-5,7-10,12,16H2,1H3/t14-/m0/s1. The summed E-state index contributed by atoms with van der Waals surface area (Å²) in [5, 5.41) is 2.12. The van der Waals surface area contributed by atoms with Gasteiger partial charge in [-0.15, -0.1) is 11.3 Å². The lowest BCUT2D eigenvalue weighted by atomic mass is 10.1. The second kappa shape index (κ2) is 7.76. The number of thiophene rings is 1. The molecule has 0 aliphatic carbocycles. The zero-order chi connectivity index (χ0) is 14.4.